The Bertz CT molecular complexity index is 1180. The molecule has 2 aromatic rings. The molecule has 7 rings (SSSR count). The Labute approximate surface area is 236 Å². The number of nitriles is 1. The van der Waals surface area contributed by atoms with Crippen LogP contribution in [-0.2, 0) is 6.54 Å². The Balaban J connectivity index is 1.09. The topological polar surface area (TPSA) is 119 Å². The molecule has 5 atom stereocenters. The molecule has 39 heavy (non-hydrogen) atoms. The van der Waals surface area contributed by atoms with E-state index < -0.39 is 0 Å². The van der Waals surface area contributed by atoms with E-state index in [1.807, 2.05) is 18.5 Å². The van der Waals surface area contributed by atoms with Gasteiger partial charge in [-0.1, -0.05) is 6.07 Å². The first-order valence-corrected chi connectivity index (χ1v) is 15.9. The monoisotopic (exact) mass is 547 g/mol. The quantitative estimate of drug-likeness (QED) is 0.310. The largest absolute Gasteiger partial charge is 0.396 e. The lowest BCUT2D eigenvalue weighted by Gasteiger charge is -2.61. The second-order valence-electron chi connectivity index (χ2n) is 12.5. The fraction of sp³-hybridized carbons (Fsp3) is 0.667. The molecule has 9 heteroatoms. The van der Waals surface area contributed by atoms with Crippen molar-refractivity contribution in [3.05, 3.63) is 35.7 Å². The number of aliphatic hydroxyl groups is 1. The number of rotatable bonds is 10. The molecular weight excluding hydrogens is 506 g/mol. The van der Waals surface area contributed by atoms with Crippen molar-refractivity contribution in [1.29, 1.82) is 5.26 Å². The van der Waals surface area contributed by atoms with Gasteiger partial charge in [-0.3, -0.25) is 0 Å². The minimum Gasteiger partial charge on any atom is -0.396 e. The average Bonchev–Trinajstić information content (AvgIpc) is 2.97. The first kappa shape index (κ1) is 26.8. The summed E-state index contributed by atoms with van der Waals surface area (Å²) in [5.74, 6) is 3.99. The van der Waals surface area contributed by atoms with E-state index in [0.717, 1.165) is 47.7 Å². The molecule has 0 spiro atoms. The van der Waals surface area contributed by atoms with Gasteiger partial charge in [-0.25, -0.2) is 9.97 Å². The van der Waals surface area contributed by atoms with Gasteiger partial charge in [0.2, 0.25) is 5.95 Å². The Morgan fingerprint density at radius 3 is 2.62 bits per heavy atom. The highest BCUT2D eigenvalue weighted by Crippen LogP contribution is 2.60. The molecule has 0 radical (unpaired) electrons. The maximum absolute atomic E-state index is 9.75. The molecule has 3 unspecified atom stereocenters. The molecule has 5 aliphatic carbocycles. The van der Waals surface area contributed by atoms with Crippen LogP contribution in [-0.4, -0.2) is 51.5 Å². The fourth-order valence-corrected chi connectivity index (χ4v) is 8.91. The highest BCUT2D eigenvalue weighted by atomic mass is 32.2. The van der Waals surface area contributed by atoms with Crippen molar-refractivity contribution in [2.45, 2.75) is 81.4 Å². The van der Waals surface area contributed by atoms with Gasteiger partial charge in [0.1, 0.15) is 22.5 Å². The number of thioether (sulfide) groups is 1. The number of nitrogens with one attached hydrogen (secondary N) is 3. The van der Waals surface area contributed by atoms with Crippen LogP contribution in [0, 0.1) is 40.4 Å². The normalized spacial score (nSPS) is 33.1. The molecule has 2 heterocycles. The summed E-state index contributed by atoms with van der Waals surface area (Å²) >= 11 is 1.62. The number of anilines is 2. The van der Waals surface area contributed by atoms with E-state index in [9.17, 15) is 10.4 Å². The van der Waals surface area contributed by atoms with Crippen LogP contribution in [0.15, 0.2) is 29.6 Å². The zero-order valence-corrected chi connectivity index (χ0v) is 23.7. The van der Waals surface area contributed by atoms with Crippen LogP contribution < -0.4 is 16.0 Å². The smallest absolute Gasteiger partial charge is 0.224 e. The Hall–Kier alpha value is -2.41. The number of pyridine rings is 1. The first-order valence-electron chi connectivity index (χ1n) is 14.7. The first-order chi connectivity index (χ1) is 19.1. The van der Waals surface area contributed by atoms with Gasteiger partial charge >= 0.3 is 0 Å². The third kappa shape index (κ3) is 5.75. The van der Waals surface area contributed by atoms with Crippen LogP contribution in [0.3, 0.4) is 0 Å². The van der Waals surface area contributed by atoms with Crippen molar-refractivity contribution in [2.24, 2.45) is 29.1 Å². The number of nitrogens with zero attached hydrogens (tertiary/aromatic N) is 4. The van der Waals surface area contributed by atoms with Crippen LogP contribution in [0.5, 0.6) is 0 Å². The zero-order chi connectivity index (χ0) is 26.8. The molecule has 5 aliphatic rings. The second kappa shape index (κ2) is 11.6. The summed E-state index contributed by atoms with van der Waals surface area (Å²) in [6.07, 6.45) is 16.7. The molecule has 0 saturated heterocycles. The van der Waals surface area contributed by atoms with Crippen LogP contribution in [0.1, 0.15) is 68.9 Å². The van der Waals surface area contributed by atoms with Crippen LogP contribution in [0.2, 0.25) is 0 Å². The van der Waals surface area contributed by atoms with Crippen molar-refractivity contribution >= 4 is 23.5 Å². The van der Waals surface area contributed by atoms with E-state index in [1.54, 1.807) is 18.0 Å². The van der Waals surface area contributed by atoms with Gasteiger partial charge in [-0.15, -0.1) is 11.8 Å². The van der Waals surface area contributed by atoms with Gasteiger partial charge in [0.15, 0.2) is 0 Å². The Morgan fingerprint density at radius 1 is 1.10 bits per heavy atom. The zero-order valence-electron chi connectivity index (χ0n) is 22.9. The lowest BCUT2D eigenvalue weighted by molar-refractivity contribution is -0.0733. The molecule has 0 aliphatic heterocycles. The molecular formula is C30H41N7OS. The van der Waals surface area contributed by atoms with Crippen molar-refractivity contribution in [2.75, 3.05) is 30.0 Å². The highest BCUT2D eigenvalue weighted by molar-refractivity contribution is 7.98. The Kier molecular flexibility index (Phi) is 7.97. The summed E-state index contributed by atoms with van der Waals surface area (Å²) < 4.78 is 0. The SMILES string of the molecule is CSc1ncccc1CNc1ncc(C#N)c(NCC23CC4C[C@H](C2)C(NC2CCC(CO)CC2)[C@@H](C4)C3)n1. The molecule has 4 N–H and O–H groups in total. The van der Waals surface area contributed by atoms with Crippen LogP contribution in [0.25, 0.3) is 0 Å². The molecule has 0 aromatic carbocycles. The molecule has 208 valence electrons. The summed E-state index contributed by atoms with van der Waals surface area (Å²) in [7, 11) is 0. The minimum atomic E-state index is 0.289. The number of aliphatic hydroxyl groups excluding tert-OH is 1. The van der Waals surface area contributed by atoms with Crippen LogP contribution >= 0.6 is 11.8 Å². The predicted octanol–water partition coefficient (Wildman–Crippen LogP) is 4.82. The maximum Gasteiger partial charge on any atom is 0.224 e. The molecule has 5 saturated carbocycles. The van der Waals surface area contributed by atoms with Crippen molar-refractivity contribution < 1.29 is 5.11 Å². The standard InChI is InChI=1S/C30H41N7OS/c1-39-28-21(3-2-8-32-28)15-33-29-34-16-24(14-31)27(37-29)35-18-30-11-20-9-22(12-30)26(23(10-20)13-30)36-25-6-4-19(17-38)5-7-25/h2-3,8,16,19-20,22-23,25-26,36,38H,4-7,9-13,15,17-18H2,1H3,(H2,33,34,35,37)/t19?,20?,22-,23+,25?,26?,30?. The highest BCUT2D eigenvalue weighted by Gasteiger charge is 2.55. The number of hydrogen-bond donors (Lipinski definition) is 4. The van der Waals surface area contributed by atoms with Crippen molar-refractivity contribution in [3.8, 4) is 6.07 Å². The van der Waals surface area contributed by atoms with Gasteiger partial charge in [0.25, 0.3) is 0 Å². The number of aromatic nitrogens is 3. The van der Waals surface area contributed by atoms with E-state index in [0.29, 0.717) is 48.5 Å². The molecule has 2 aromatic heterocycles. The average molecular weight is 548 g/mol. The maximum atomic E-state index is 9.75. The third-order valence-corrected chi connectivity index (χ3v) is 10.7. The summed E-state index contributed by atoms with van der Waals surface area (Å²) in [6.45, 7) is 1.80. The van der Waals surface area contributed by atoms with E-state index in [4.69, 9.17) is 4.98 Å². The summed E-state index contributed by atoms with van der Waals surface area (Å²) in [5, 5.41) is 31.3. The van der Waals surface area contributed by atoms with E-state index in [2.05, 4.69) is 38.1 Å². The van der Waals surface area contributed by atoms with Gasteiger partial charge in [0, 0.05) is 43.5 Å². The number of hydrogen-bond acceptors (Lipinski definition) is 9. The lowest BCUT2D eigenvalue weighted by atomic mass is 9.47. The summed E-state index contributed by atoms with van der Waals surface area (Å²) in [4.78, 5) is 13.6. The van der Waals surface area contributed by atoms with Crippen LogP contribution in [0.4, 0.5) is 11.8 Å². The van der Waals surface area contributed by atoms with Gasteiger partial charge in [0.05, 0.1) is 6.20 Å². The van der Waals surface area contributed by atoms with E-state index >= 15 is 0 Å². The third-order valence-electron chi connectivity index (χ3n) is 9.95. The van der Waals surface area contributed by atoms with Crippen molar-refractivity contribution in [3.63, 3.8) is 0 Å². The molecule has 8 nitrogen and oxygen atoms in total. The van der Waals surface area contributed by atoms with E-state index in [1.165, 1.54) is 44.9 Å². The van der Waals surface area contributed by atoms with Gasteiger partial charge in [-0.05, 0) is 99.2 Å². The van der Waals surface area contributed by atoms with E-state index in [-0.39, 0.29) is 5.41 Å². The van der Waals surface area contributed by atoms with Crippen molar-refractivity contribution in [1.82, 2.24) is 20.3 Å². The summed E-state index contributed by atoms with van der Waals surface area (Å²) in [5.41, 5.74) is 1.89. The summed E-state index contributed by atoms with van der Waals surface area (Å²) in [6, 6.07) is 7.54. The fourth-order valence-electron chi connectivity index (χ4n) is 8.34. The second-order valence-corrected chi connectivity index (χ2v) is 13.3. The van der Waals surface area contributed by atoms with Gasteiger partial charge < -0.3 is 21.1 Å². The predicted molar refractivity (Wildman–Crippen MR) is 154 cm³/mol. The minimum absolute atomic E-state index is 0.289. The lowest BCUT2D eigenvalue weighted by Crippen LogP contribution is -2.61. The Morgan fingerprint density at radius 2 is 1.90 bits per heavy atom. The molecule has 4 bridgehead atoms. The van der Waals surface area contributed by atoms with Gasteiger partial charge in [-0.2, -0.15) is 10.2 Å². The molecule has 0 amide bonds. The molecule has 5 fully saturated rings.